The first-order valence-electron chi connectivity index (χ1n) is 7.20. The first kappa shape index (κ1) is 14.7. The first-order valence-corrected chi connectivity index (χ1v) is 7.20. The summed E-state index contributed by atoms with van der Waals surface area (Å²) in [7, 11) is 0. The molecule has 0 fully saturated rings. The van der Waals surface area contributed by atoms with Crippen LogP contribution in [0.1, 0.15) is 37.9 Å². The number of benzene rings is 1. The molecule has 20 heavy (non-hydrogen) atoms. The van der Waals surface area contributed by atoms with E-state index in [9.17, 15) is 0 Å². The highest BCUT2D eigenvalue weighted by Gasteiger charge is 2.13. The molecule has 0 radical (unpaired) electrons. The monoisotopic (exact) mass is 273 g/mol. The van der Waals surface area contributed by atoms with E-state index in [-0.39, 0.29) is 12.1 Å². The van der Waals surface area contributed by atoms with Crippen molar-refractivity contribution in [2.45, 2.75) is 39.3 Å². The van der Waals surface area contributed by atoms with Crippen molar-refractivity contribution >= 4 is 0 Å². The zero-order chi connectivity index (χ0) is 14.4. The van der Waals surface area contributed by atoms with E-state index in [0.29, 0.717) is 0 Å². The van der Waals surface area contributed by atoms with Crippen LogP contribution in [0.2, 0.25) is 0 Å². The fraction of sp³-hybridized carbons (Fsp3) is 0.412. The molecule has 0 aliphatic carbocycles. The van der Waals surface area contributed by atoms with Gasteiger partial charge in [-0.15, -0.1) is 0 Å². The summed E-state index contributed by atoms with van der Waals surface area (Å²) in [6.45, 7) is 7.13. The van der Waals surface area contributed by atoms with Crippen LogP contribution in [0, 0.1) is 0 Å². The van der Waals surface area contributed by atoms with E-state index in [1.54, 1.807) is 12.5 Å². The predicted octanol–water partition coefficient (Wildman–Crippen LogP) is 3.96. The van der Waals surface area contributed by atoms with Gasteiger partial charge in [-0.1, -0.05) is 19.1 Å². The summed E-state index contributed by atoms with van der Waals surface area (Å²) in [6.07, 6.45) is 4.63. The van der Waals surface area contributed by atoms with Crippen LogP contribution < -0.4 is 10.1 Å². The minimum absolute atomic E-state index is 0.191. The number of likely N-dealkylation sites (N-methyl/N-ethyl adjacent to an activating group) is 1. The van der Waals surface area contributed by atoms with Crippen LogP contribution in [0.5, 0.6) is 5.75 Å². The molecule has 1 aromatic carbocycles. The van der Waals surface area contributed by atoms with Crippen LogP contribution in [0.15, 0.2) is 47.3 Å². The van der Waals surface area contributed by atoms with E-state index in [1.165, 1.54) is 11.1 Å². The van der Waals surface area contributed by atoms with Gasteiger partial charge in [-0.3, -0.25) is 0 Å². The zero-order valence-electron chi connectivity index (χ0n) is 12.4. The highest BCUT2D eigenvalue weighted by molar-refractivity contribution is 5.31. The van der Waals surface area contributed by atoms with Gasteiger partial charge < -0.3 is 14.5 Å². The van der Waals surface area contributed by atoms with Gasteiger partial charge in [0.05, 0.1) is 18.6 Å². The van der Waals surface area contributed by atoms with Gasteiger partial charge in [-0.2, -0.15) is 0 Å². The number of hydrogen-bond donors (Lipinski definition) is 1. The molecular weight excluding hydrogens is 250 g/mol. The van der Waals surface area contributed by atoms with Crippen molar-refractivity contribution in [1.82, 2.24) is 5.32 Å². The quantitative estimate of drug-likeness (QED) is 0.829. The highest BCUT2D eigenvalue weighted by Crippen LogP contribution is 2.23. The minimum atomic E-state index is 0.191. The molecule has 0 saturated heterocycles. The van der Waals surface area contributed by atoms with Crippen LogP contribution in [0.25, 0.3) is 0 Å². The molecule has 1 heterocycles. The Morgan fingerprint density at radius 2 is 2.10 bits per heavy atom. The van der Waals surface area contributed by atoms with Gasteiger partial charge in [-0.25, -0.2) is 0 Å². The summed E-state index contributed by atoms with van der Waals surface area (Å²) in [4.78, 5) is 0. The molecule has 3 nitrogen and oxygen atoms in total. The number of hydrogen-bond acceptors (Lipinski definition) is 3. The van der Waals surface area contributed by atoms with Crippen molar-refractivity contribution in [3.63, 3.8) is 0 Å². The maximum atomic E-state index is 5.77. The van der Waals surface area contributed by atoms with Crippen molar-refractivity contribution < 1.29 is 9.15 Å². The largest absolute Gasteiger partial charge is 0.491 e. The molecule has 2 rings (SSSR count). The second kappa shape index (κ2) is 7.15. The molecule has 0 spiro atoms. The van der Waals surface area contributed by atoms with Crippen LogP contribution in [0.4, 0.5) is 0 Å². The van der Waals surface area contributed by atoms with Gasteiger partial charge in [-0.05, 0) is 56.1 Å². The summed E-state index contributed by atoms with van der Waals surface area (Å²) in [5.41, 5.74) is 2.44. The van der Waals surface area contributed by atoms with E-state index in [0.717, 1.165) is 18.7 Å². The number of furan rings is 1. The summed E-state index contributed by atoms with van der Waals surface area (Å²) in [6, 6.07) is 10.6. The lowest BCUT2D eigenvalue weighted by Crippen LogP contribution is -2.22. The van der Waals surface area contributed by atoms with Crippen LogP contribution in [0.3, 0.4) is 0 Å². The SMILES string of the molecule is CCNC(Cc1ccoc1)c1cccc(OC(C)C)c1. The maximum absolute atomic E-state index is 5.77. The van der Waals surface area contributed by atoms with Gasteiger partial charge in [0.1, 0.15) is 5.75 Å². The van der Waals surface area contributed by atoms with E-state index < -0.39 is 0 Å². The molecule has 2 aromatic rings. The van der Waals surface area contributed by atoms with Gasteiger partial charge >= 0.3 is 0 Å². The molecule has 108 valence electrons. The van der Waals surface area contributed by atoms with Crippen molar-refractivity contribution in [2.24, 2.45) is 0 Å². The maximum Gasteiger partial charge on any atom is 0.120 e. The number of nitrogens with one attached hydrogen (secondary N) is 1. The molecule has 1 aromatic heterocycles. The van der Waals surface area contributed by atoms with Gasteiger partial charge in [0.15, 0.2) is 0 Å². The minimum Gasteiger partial charge on any atom is -0.491 e. The third-order valence-electron chi connectivity index (χ3n) is 3.10. The molecule has 3 heteroatoms. The Kier molecular flexibility index (Phi) is 5.24. The summed E-state index contributed by atoms with van der Waals surface area (Å²) >= 11 is 0. The fourth-order valence-corrected chi connectivity index (χ4v) is 2.28. The van der Waals surface area contributed by atoms with E-state index >= 15 is 0 Å². The normalized spacial score (nSPS) is 12.6. The molecule has 0 amide bonds. The number of ether oxygens (including phenoxy) is 1. The third kappa shape index (κ3) is 4.14. The van der Waals surface area contributed by atoms with Crippen LogP contribution in [-0.4, -0.2) is 12.6 Å². The van der Waals surface area contributed by atoms with E-state index in [1.807, 2.05) is 32.0 Å². The van der Waals surface area contributed by atoms with Crippen LogP contribution in [-0.2, 0) is 6.42 Å². The summed E-state index contributed by atoms with van der Waals surface area (Å²) < 4.78 is 10.9. The van der Waals surface area contributed by atoms with Crippen molar-refractivity contribution in [1.29, 1.82) is 0 Å². The summed E-state index contributed by atoms with van der Waals surface area (Å²) in [5, 5.41) is 3.52. The molecule has 0 aliphatic rings. The highest BCUT2D eigenvalue weighted by atomic mass is 16.5. The Morgan fingerprint density at radius 3 is 2.75 bits per heavy atom. The standard InChI is InChI=1S/C17H23NO2/c1-4-18-17(10-14-8-9-19-12-14)15-6-5-7-16(11-15)20-13(2)3/h5-9,11-13,17-18H,4,10H2,1-3H3. The van der Waals surface area contributed by atoms with Gasteiger partial charge in [0.2, 0.25) is 0 Å². The Bertz CT molecular complexity index is 505. The third-order valence-corrected chi connectivity index (χ3v) is 3.10. The molecule has 1 N–H and O–H groups in total. The molecule has 1 atom stereocenters. The molecule has 0 saturated carbocycles. The molecule has 1 unspecified atom stereocenters. The lowest BCUT2D eigenvalue weighted by Gasteiger charge is -2.19. The Morgan fingerprint density at radius 1 is 1.25 bits per heavy atom. The lowest BCUT2D eigenvalue weighted by molar-refractivity contribution is 0.242. The van der Waals surface area contributed by atoms with Crippen molar-refractivity contribution in [2.75, 3.05) is 6.54 Å². The van der Waals surface area contributed by atoms with Gasteiger partial charge in [0, 0.05) is 6.04 Å². The predicted molar refractivity (Wildman–Crippen MR) is 81.0 cm³/mol. The molecule has 0 bridgehead atoms. The van der Waals surface area contributed by atoms with E-state index in [4.69, 9.17) is 9.15 Å². The second-order valence-corrected chi connectivity index (χ2v) is 5.19. The topological polar surface area (TPSA) is 34.4 Å². The average molecular weight is 273 g/mol. The Labute approximate surface area is 121 Å². The Hall–Kier alpha value is -1.74. The zero-order valence-corrected chi connectivity index (χ0v) is 12.4. The van der Waals surface area contributed by atoms with Crippen LogP contribution >= 0.6 is 0 Å². The first-order chi connectivity index (χ1) is 9.69. The van der Waals surface area contributed by atoms with E-state index in [2.05, 4.69) is 24.4 Å². The molecular formula is C17H23NO2. The lowest BCUT2D eigenvalue weighted by atomic mass is 10.00. The van der Waals surface area contributed by atoms with Crippen molar-refractivity contribution in [3.8, 4) is 5.75 Å². The average Bonchev–Trinajstić information content (AvgIpc) is 2.91. The van der Waals surface area contributed by atoms with Gasteiger partial charge in [0.25, 0.3) is 0 Å². The fourth-order valence-electron chi connectivity index (χ4n) is 2.28. The number of rotatable bonds is 7. The Balaban J connectivity index is 2.15. The van der Waals surface area contributed by atoms with Crippen molar-refractivity contribution in [3.05, 3.63) is 54.0 Å². The second-order valence-electron chi connectivity index (χ2n) is 5.19. The summed E-state index contributed by atoms with van der Waals surface area (Å²) in [5.74, 6) is 0.924. The smallest absolute Gasteiger partial charge is 0.120 e. The molecule has 0 aliphatic heterocycles.